The van der Waals surface area contributed by atoms with Gasteiger partial charge in [0, 0.05) is 28.5 Å². The Morgan fingerprint density at radius 3 is 2.49 bits per heavy atom. The highest BCUT2D eigenvalue weighted by molar-refractivity contribution is 6.06. The number of benzene rings is 2. The first-order chi connectivity index (χ1) is 18.8. The van der Waals surface area contributed by atoms with E-state index in [0.717, 1.165) is 39.6 Å². The van der Waals surface area contributed by atoms with Crippen LogP contribution in [-0.2, 0) is 22.4 Å². The first kappa shape index (κ1) is 26.0. The van der Waals surface area contributed by atoms with Crippen molar-refractivity contribution in [1.82, 2.24) is 5.43 Å². The molecule has 1 aliphatic carbocycles. The Morgan fingerprint density at radius 2 is 1.74 bits per heavy atom. The minimum atomic E-state index is -0.659. The van der Waals surface area contributed by atoms with E-state index in [0.29, 0.717) is 35.4 Å². The molecule has 5 rings (SSSR count). The molecule has 0 unspecified atom stereocenters. The van der Waals surface area contributed by atoms with Crippen molar-refractivity contribution in [3.63, 3.8) is 0 Å². The summed E-state index contributed by atoms with van der Waals surface area (Å²) >= 11 is 0. The van der Waals surface area contributed by atoms with Crippen molar-refractivity contribution in [3.8, 4) is 5.75 Å². The van der Waals surface area contributed by atoms with Crippen LogP contribution in [0, 0.1) is 20.8 Å². The lowest BCUT2D eigenvalue weighted by Gasteiger charge is -2.13. The molecule has 4 aromatic rings. The lowest BCUT2D eigenvalue weighted by molar-refractivity contribution is -0.120. The van der Waals surface area contributed by atoms with E-state index in [1.54, 1.807) is 13.2 Å². The van der Waals surface area contributed by atoms with Crippen LogP contribution in [0.2, 0.25) is 0 Å². The molecule has 9 heteroatoms. The van der Waals surface area contributed by atoms with Crippen LogP contribution in [-0.4, -0.2) is 30.7 Å². The maximum absolute atomic E-state index is 12.9. The summed E-state index contributed by atoms with van der Waals surface area (Å²) in [7, 11) is 1.30. The number of carbonyl (C=O) groups excluding carboxylic acids is 3. The van der Waals surface area contributed by atoms with E-state index in [2.05, 4.69) is 15.3 Å². The normalized spacial score (nSPS) is 13.8. The van der Waals surface area contributed by atoms with E-state index in [1.165, 1.54) is 31.4 Å². The maximum Gasteiger partial charge on any atom is 0.379 e. The molecule has 0 atom stereocenters. The zero-order valence-corrected chi connectivity index (χ0v) is 22.2. The van der Waals surface area contributed by atoms with Crippen LogP contribution in [0.1, 0.15) is 67.3 Å². The van der Waals surface area contributed by atoms with Gasteiger partial charge in [-0.2, -0.15) is 5.10 Å². The molecule has 0 fully saturated rings. The minimum absolute atomic E-state index is 0.0773. The van der Waals surface area contributed by atoms with E-state index in [-0.39, 0.29) is 23.8 Å². The molecule has 200 valence electrons. The number of hydrogen-bond acceptors (Lipinski definition) is 8. The van der Waals surface area contributed by atoms with Gasteiger partial charge in [0.25, 0.3) is 0 Å². The predicted octanol–water partition coefficient (Wildman–Crippen LogP) is 5.36. The second-order valence-corrected chi connectivity index (χ2v) is 9.53. The quantitative estimate of drug-likeness (QED) is 0.203. The number of methoxy groups -OCH3 is 1. The third-order valence-electron chi connectivity index (χ3n) is 7.01. The molecule has 9 nitrogen and oxygen atoms in total. The fraction of sp³-hybridized carbons (Fsp3) is 0.267. The van der Waals surface area contributed by atoms with E-state index < -0.39 is 11.9 Å². The Labute approximate surface area is 224 Å². The molecule has 2 aromatic heterocycles. The number of amides is 1. The molecule has 0 aliphatic heterocycles. The highest BCUT2D eigenvalue weighted by atomic mass is 16.5. The van der Waals surface area contributed by atoms with Crippen molar-refractivity contribution < 1.29 is 32.7 Å². The average molecular weight is 529 g/mol. The summed E-state index contributed by atoms with van der Waals surface area (Å²) < 4.78 is 21.8. The summed E-state index contributed by atoms with van der Waals surface area (Å²) in [5.74, 6) is -0.440. The van der Waals surface area contributed by atoms with E-state index in [4.69, 9.17) is 13.6 Å². The smallest absolute Gasteiger partial charge is 0.379 e. The molecule has 1 amide bonds. The van der Waals surface area contributed by atoms with Gasteiger partial charge in [0.15, 0.2) is 0 Å². The van der Waals surface area contributed by atoms with Crippen molar-refractivity contribution >= 4 is 34.5 Å². The van der Waals surface area contributed by atoms with Gasteiger partial charge in [0.2, 0.25) is 11.7 Å². The Hall–Kier alpha value is -4.66. The largest absolute Gasteiger partial charge is 0.465 e. The fourth-order valence-electron chi connectivity index (χ4n) is 4.77. The zero-order valence-electron chi connectivity index (χ0n) is 22.2. The number of nitrogens with one attached hydrogen (secondary N) is 1. The highest BCUT2D eigenvalue weighted by Gasteiger charge is 2.29. The Balaban J connectivity index is 1.30. The first-order valence-corrected chi connectivity index (χ1v) is 12.6. The van der Waals surface area contributed by atoms with Crippen LogP contribution >= 0.6 is 0 Å². The fourth-order valence-corrected chi connectivity index (χ4v) is 4.77. The maximum atomic E-state index is 12.9. The second kappa shape index (κ2) is 10.6. The number of carbonyl (C=O) groups is 3. The van der Waals surface area contributed by atoms with Crippen LogP contribution in [0.5, 0.6) is 5.75 Å². The van der Waals surface area contributed by atoms with Gasteiger partial charge < -0.3 is 18.3 Å². The van der Waals surface area contributed by atoms with Crippen molar-refractivity contribution in [1.29, 1.82) is 0 Å². The lowest BCUT2D eigenvalue weighted by atomic mass is 9.93. The molecule has 0 saturated heterocycles. The number of ether oxygens (including phenoxy) is 2. The number of aryl methyl sites for hydroxylation is 3. The Morgan fingerprint density at radius 1 is 0.974 bits per heavy atom. The molecule has 39 heavy (non-hydrogen) atoms. The van der Waals surface area contributed by atoms with Gasteiger partial charge in [-0.25, -0.2) is 15.0 Å². The van der Waals surface area contributed by atoms with Crippen molar-refractivity contribution in [2.45, 2.75) is 46.5 Å². The summed E-state index contributed by atoms with van der Waals surface area (Å²) in [6.45, 7) is 5.78. The standard InChI is InChI=1S/C30H28N2O7/c1-16-8-13-22-20(15-37-27(22)17(16)2)14-25(33)32-31-23-6-5-7-24-26(23)18(3)28(39-24)30(35)38-21-11-9-19(10-12-21)29(34)36-4/h8-13,15H,5-7,14H2,1-4H3,(H,32,33)/b31-23+. The number of esters is 2. The number of furan rings is 2. The summed E-state index contributed by atoms with van der Waals surface area (Å²) in [6, 6.07) is 10.0. The van der Waals surface area contributed by atoms with Crippen molar-refractivity contribution in [2.75, 3.05) is 7.11 Å². The molecule has 2 heterocycles. The Bertz CT molecular complexity index is 1620. The van der Waals surface area contributed by atoms with Crippen molar-refractivity contribution in [3.05, 3.63) is 87.6 Å². The topological polar surface area (TPSA) is 120 Å². The second-order valence-electron chi connectivity index (χ2n) is 9.53. The van der Waals surface area contributed by atoms with Gasteiger partial charge in [-0.15, -0.1) is 0 Å². The summed E-state index contributed by atoms with van der Waals surface area (Å²) in [6.07, 6.45) is 3.77. The summed E-state index contributed by atoms with van der Waals surface area (Å²) in [5.41, 5.74) is 8.72. The molecule has 0 saturated carbocycles. The predicted molar refractivity (Wildman–Crippen MR) is 143 cm³/mol. The first-order valence-electron chi connectivity index (χ1n) is 12.6. The molecular formula is C30H28N2O7. The van der Waals surface area contributed by atoms with E-state index in [1.807, 2.05) is 26.0 Å². The lowest BCUT2D eigenvalue weighted by Crippen LogP contribution is -2.23. The van der Waals surface area contributed by atoms with Gasteiger partial charge in [-0.05, 0) is 69.0 Å². The Kier molecular flexibility index (Phi) is 7.06. The van der Waals surface area contributed by atoms with Crippen LogP contribution < -0.4 is 10.2 Å². The minimum Gasteiger partial charge on any atom is -0.465 e. The summed E-state index contributed by atoms with van der Waals surface area (Å²) in [4.78, 5) is 37.3. The van der Waals surface area contributed by atoms with Crippen LogP contribution in [0.15, 0.2) is 56.6 Å². The molecule has 0 bridgehead atoms. The van der Waals surface area contributed by atoms with E-state index in [9.17, 15) is 14.4 Å². The van der Waals surface area contributed by atoms with Gasteiger partial charge in [-0.3, -0.25) is 4.79 Å². The number of fused-ring (bicyclic) bond motifs is 2. The monoisotopic (exact) mass is 528 g/mol. The molecule has 2 aromatic carbocycles. The summed E-state index contributed by atoms with van der Waals surface area (Å²) in [5, 5.41) is 5.31. The number of rotatable bonds is 6. The van der Waals surface area contributed by atoms with Gasteiger partial charge >= 0.3 is 11.9 Å². The third kappa shape index (κ3) is 5.07. The van der Waals surface area contributed by atoms with Crippen LogP contribution in [0.4, 0.5) is 0 Å². The number of hydrogen-bond donors (Lipinski definition) is 1. The average Bonchev–Trinajstić information content (AvgIpc) is 3.50. The van der Waals surface area contributed by atoms with Gasteiger partial charge in [0.05, 0.1) is 31.1 Å². The van der Waals surface area contributed by atoms with E-state index >= 15 is 0 Å². The van der Waals surface area contributed by atoms with Gasteiger partial charge in [-0.1, -0.05) is 12.1 Å². The van der Waals surface area contributed by atoms with Crippen LogP contribution in [0.3, 0.4) is 0 Å². The van der Waals surface area contributed by atoms with Crippen molar-refractivity contribution in [2.24, 2.45) is 5.10 Å². The van der Waals surface area contributed by atoms with Gasteiger partial charge in [0.1, 0.15) is 17.1 Å². The molecule has 0 spiro atoms. The number of nitrogens with zero attached hydrogens (tertiary/aromatic N) is 1. The molecule has 1 aliphatic rings. The molecular weight excluding hydrogens is 500 g/mol. The number of hydrazone groups is 1. The highest BCUT2D eigenvalue weighted by Crippen LogP contribution is 2.31. The van der Waals surface area contributed by atoms with Crippen LogP contribution in [0.25, 0.3) is 11.0 Å². The third-order valence-corrected chi connectivity index (χ3v) is 7.01. The molecule has 1 N–H and O–H groups in total. The SMILES string of the molecule is COC(=O)c1ccc(OC(=O)c2oc3c(c2C)/C(=N/NC(=O)Cc2coc4c(C)c(C)ccc24)CCC3)cc1. The molecule has 0 radical (unpaired) electrons. The zero-order chi connectivity index (χ0) is 27.7.